The lowest BCUT2D eigenvalue weighted by Crippen LogP contribution is -2.21. The highest BCUT2D eigenvalue weighted by atomic mass is 79.9. The quantitative estimate of drug-likeness (QED) is 0.944. The van der Waals surface area contributed by atoms with Gasteiger partial charge in [-0.2, -0.15) is 0 Å². The Bertz CT molecular complexity index is 539. The average molecular weight is 313 g/mol. The maximum atomic E-state index is 13.7. The molecule has 0 fully saturated rings. The van der Waals surface area contributed by atoms with Crippen molar-refractivity contribution in [3.05, 3.63) is 40.4 Å². The lowest BCUT2D eigenvalue weighted by molar-refractivity contribution is 0.580. The molecule has 1 N–H and O–H groups in total. The van der Waals surface area contributed by atoms with Crippen molar-refractivity contribution >= 4 is 15.9 Å². The maximum Gasteiger partial charge on any atom is 0.148 e. The van der Waals surface area contributed by atoms with Crippen LogP contribution in [0.1, 0.15) is 19.5 Å². The Kier molecular flexibility index (Phi) is 4.08. The van der Waals surface area contributed by atoms with Gasteiger partial charge in [0.2, 0.25) is 0 Å². The molecular weight excluding hydrogens is 299 g/mol. The van der Waals surface area contributed by atoms with Crippen LogP contribution in [-0.2, 0) is 6.54 Å². The van der Waals surface area contributed by atoms with Crippen molar-refractivity contribution in [3.63, 3.8) is 0 Å². The smallest absolute Gasteiger partial charge is 0.148 e. The van der Waals surface area contributed by atoms with Crippen molar-refractivity contribution in [2.45, 2.75) is 26.4 Å². The number of rotatable bonds is 4. The van der Waals surface area contributed by atoms with E-state index in [0.29, 0.717) is 18.3 Å². The molecule has 6 heteroatoms. The number of nitrogens with zero attached hydrogens (tertiary/aromatic N) is 3. The molecule has 0 radical (unpaired) electrons. The zero-order chi connectivity index (χ0) is 13.1. The Hall–Kier alpha value is -1.27. The van der Waals surface area contributed by atoms with E-state index in [0.717, 1.165) is 10.2 Å². The first-order chi connectivity index (χ1) is 8.56. The van der Waals surface area contributed by atoms with Gasteiger partial charge in [0.25, 0.3) is 0 Å². The predicted molar refractivity (Wildman–Crippen MR) is 71.0 cm³/mol. The second kappa shape index (κ2) is 5.58. The summed E-state index contributed by atoms with van der Waals surface area (Å²) in [4.78, 5) is 0. The number of benzene rings is 1. The van der Waals surface area contributed by atoms with Crippen LogP contribution >= 0.6 is 15.9 Å². The third-order valence-corrected chi connectivity index (χ3v) is 2.88. The highest BCUT2D eigenvalue weighted by Gasteiger charge is 2.08. The molecular formula is C12H14BrFN4. The first kappa shape index (κ1) is 13.2. The van der Waals surface area contributed by atoms with Gasteiger partial charge < -0.3 is 5.32 Å². The summed E-state index contributed by atoms with van der Waals surface area (Å²) in [6.07, 6.45) is 1.72. The van der Waals surface area contributed by atoms with Crippen LogP contribution in [0, 0.1) is 5.82 Å². The molecule has 0 spiro atoms. The van der Waals surface area contributed by atoms with E-state index >= 15 is 0 Å². The van der Waals surface area contributed by atoms with Crippen LogP contribution in [0.2, 0.25) is 0 Å². The maximum absolute atomic E-state index is 13.7. The first-order valence-corrected chi connectivity index (χ1v) is 6.45. The van der Waals surface area contributed by atoms with Gasteiger partial charge >= 0.3 is 0 Å². The molecule has 2 rings (SSSR count). The van der Waals surface area contributed by atoms with E-state index in [2.05, 4.69) is 45.4 Å². The fourth-order valence-corrected chi connectivity index (χ4v) is 1.82. The summed E-state index contributed by atoms with van der Waals surface area (Å²) in [6, 6.07) is 5.09. The molecule has 0 aliphatic heterocycles. The van der Waals surface area contributed by atoms with Gasteiger partial charge in [-0.05, 0) is 18.2 Å². The van der Waals surface area contributed by atoms with Crippen molar-refractivity contribution in [3.8, 4) is 5.69 Å². The van der Waals surface area contributed by atoms with E-state index < -0.39 is 0 Å². The summed E-state index contributed by atoms with van der Waals surface area (Å²) in [5.41, 5.74) is 1.16. The summed E-state index contributed by atoms with van der Waals surface area (Å²) in [5, 5.41) is 11.2. The molecule has 1 heterocycles. The van der Waals surface area contributed by atoms with Gasteiger partial charge in [-0.25, -0.2) is 9.07 Å². The Balaban J connectivity index is 2.21. The molecule has 1 aromatic heterocycles. The highest BCUT2D eigenvalue weighted by Crippen LogP contribution is 2.18. The van der Waals surface area contributed by atoms with Crippen LogP contribution < -0.4 is 5.32 Å². The molecule has 0 aliphatic carbocycles. The minimum Gasteiger partial charge on any atom is -0.309 e. The third kappa shape index (κ3) is 3.14. The van der Waals surface area contributed by atoms with Crippen LogP contribution in [0.3, 0.4) is 0 Å². The Morgan fingerprint density at radius 3 is 2.94 bits per heavy atom. The SMILES string of the molecule is CC(C)NCc1cn(-c2cc(Br)ccc2F)nn1. The van der Waals surface area contributed by atoms with Gasteiger partial charge in [0.1, 0.15) is 11.5 Å². The second-order valence-electron chi connectivity index (χ2n) is 4.29. The molecule has 1 aromatic carbocycles. The van der Waals surface area contributed by atoms with E-state index in [9.17, 15) is 4.39 Å². The van der Waals surface area contributed by atoms with Gasteiger partial charge in [0, 0.05) is 17.1 Å². The van der Waals surface area contributed by atoms with Crippen LogP contribution in [-0.4, -0.2) is 21.0 Å². The van der Waals surface area contributed by atoms with Crippen molar-refractivity contribution in [1.29, 1.82) is 0 Å². The van der Waals surface area contributed by atoms with Gasteiger partial charge in [0.05, 0.1) is 11.9 Å². The lowest BCUT2D eigenvalue weighted by Gasteiger charge is -2.04. The number of hydrogen-bond acceptors (Lipinski definition) is 3. The van der Waals surface area contributed by atoms with E-state index in [1.807, 2.05) is 0 Å². The minimum absolute atomic E-state index is 0.327. The summed E-state index contributed by atoms with van der Waals surface area (Å²) in [7, 11) is 0. The predicted octanol–water partition coefficient (Wildman–Crippen LogP) is 2.67. The Morgan fingerprint density at radius 2 is 2.22 bits per heavy atom. The van der Waals surface area contributed by atoms with E-state index in [4.69, 9.17) is 0 Å². The molecule has 0 saturated heterocycles. The molecule has 2 aromatic rings. The number of aromatic nitrogens is 3. The van der Waals surface area contributed by atoms with Crippen molar-refractivity contribution in [2.75, 3.05) is 0 Å². The van der Waals surface area contributed by atoms with Gasteiger partial charge in [-0.3, -0.25) is 0 Å². The fraction of sp³-hybridized carbons (Fsp3) is 0.333. The van der Waals surface area contributed by atoms with Crippen molar-refractivity contribution in [2.24, 2.45) is 0 Å². The molecule has 0 bridgehead atoms. The first-order valence-electron chi connectivity index (χ1n) is 5.66. The highest BCUT2D eigenvalue weighted by molar-refractivity contribution is 9.10. The molecule has 0 saturated carbocycles. The summed E-state index contributed by atoms with van der Waals surface area (Å²) >= 11 is 3.31. The number of hydrogen-bond donors (Lipinski definition) is 1. The van der Waals surface area contributed by atoms with E-state index in [1.165, 1.54) is 10.7 Å². The largest absolute Gasteiger partial charge is 0.309 e. The fourth-order valence-electron chi connectivity index (χ4n) is 1.47. The zero-order valence-electron chi connectivity index (χ0n) is 10.2. The number of halogens is 2. The average Bonchev–Trinajstić information content (AvgIpc) is 2.78. The lowest BCUT2D eigenvalue weighted by atomic mass is 10.3. The van der Waals surface area contributed by atoms with Crippen LogP contribution in [0.5, 0.6) is 0 Å². The molecule has 0 amide bonds. The normalized spacial score (nSPS) is 11.2. The minimum atomic E-state index is -0.327. The standard InChI is InChI=1S/C12H14BrFN4/c1-8(2)15-6-10-7-18(17-16-10)12-5-9(13)3-4-11(12)14/h3-5,7-8,15H,6H2,1-2H3. The number of nitrogens with one attached hydrogen (secondary N) is 1. The molecule has 0 unspecified atom stereocenters. The zero-order valence-corrected chi connectivity index (χ0v) is 11.8. The molecule has 4 nitrogen and oxygen atoms in total. The Labute approximate surface area is 113 Å². The topological polar surface area (TPSA) is 42.7 Å². The van der Waals surface area contributed by atoms with Crippen LogP contribution in [0.4, 0.5) is 4.39 Å². The summed E-state index contributed by atoms with van der Waals surface area (Å²) in [5.74, 6) is -0.327. The second-order valence-corrected chi connectivity index (χ2v) is 5.20. The molecule has 0 aliphatic rings. The van der Waals surface area contributed by atoms with Crippen LogP contribution in [0.15, 0.2) is 28.9 Å². The van der Waals surface area contributed by atoms with Crippen molar-refractivity contribution < 1.29 is 4.39 Å². The van der Waals surface area contributed by atoms with E-state index in [-0.39, 0.29) is 5.82 Å². The van der Waals surface area contributed by atoms with Gasteiger partial charge in [-0.1, -0.05) is 35.0 Å². The van der Waals surface area contributed by atoms with Gasteiger partial charge in [-0.15, -0.1) is 5.10 Å². The summed E-state index contributed by atoms with van der Waals surface area (Å²) in [6.45, 7) is 4.73. The van der Waals surface area contributed by atoms with Gasteiger partial charge in [0.15, 0.2) is 0 Å². The summed E-state index contributed by atoms with van der Waals surface area (Å²) < 4.78 is 15.9. The molecule has 96 valence electrons. The third-order valence-electron chi connectivity index (χ3n) is 2.39. The monoisotopic (exact) mass is 312 g/mol. The Morgan fingerprint density at radius 1 is 1.44 bits per heavy atom. The van der Waals surface area contributed by atoms with Crippen molar-refractivity contribution in [1.82, 2.24) is 20.3 Å². The molecule has 0 atom stereocenters. The molecule has 18 heavy (non-hydrogen) atoms. The van der Waals surface area contributed by atoms with Crippen LogP contribution in [0.25, 0.3) is 5.69 Å². The van der Waals surface area contributed by atoms with E-state index in [1.54, 1.807) is 18.3 Å².